The zero-order valence-corrected chi connectivity index (χ0v) is 27.0. The molecule has 0 fully saturated rings. The highest BCUT2D eigenvalue weighted by atomic mass is 35.7. The molecule has 0 atom stereocenters. The van der Waals surface area contributed by atoms with Crippen molar-refractivity contribution in [2.75, 3.05) is 5.32 Å². The molecule has 0 bridgehead atoms. The number of para-hydroxylation sites is 1. The lowest BCUT2D eigenvalue weighted by Gasteiger charge is -2.28. The van der Waals surface area contributed by atoms with Crippen molar-refractivity contribution in [1.82, 2.24) is 5.32 Å². The molecule has 5 aromatic rings. The van der Waals surface area contributed by atoms with Gasteiger partial charge in [-0.05, 0) is 79.2 Å². The fourth-order valence-corrected chi connectivity index (χ4v) is 9.65. The minimum absolute atomic E-state index is 0.00554. The number of benzene rings is 5. The summed E-state index contributed by atoms with van der Waals surface area (Å²) in [6.07, 6.45) is 0. The van der Waals surface area contributed by atoms with E-state index in [1.807, 2.05) is 128 Å². The van der Waals surface area contributed by atoms with E-state index in [0.29, 0.717) is 11.3 Å². The number of nitrogens with one attached hydrogen (secondary N) is 2. The van der Waals surface area contributed by atoms with E-state index in [-0.39, 0.29) is 10.5 Å². The summed E-state index contributed by atoms with van der Waals surface area (Å²) in [7, 11) is -7.54. The first kappa shape index (κ1) is 34.5. The maximum absolute atomic E-state index is 14.1. The summed E-state index contributed by atoms with van der Waals surface area (Å²) in [4.78, 5) is 27.7. The van der Waals surface area contributed by atoms with Gasteiger partial charge in [0.15, 0.2) is 13.0 Å². The fourth-order valence-electron chi connectivity index (χ4n) is 4.72. The number of hydrogen-bond acceptors (Lipinski definition) is 6. The summed E-state index contributed by atoms with van der Waals surface area (Å²) in [5.74, 6) is -0.928. The van der Waals surface area contributed by atoms with Crippen LogP contribution in [-0.4, -0.2) is 16.5 Å². The summed E-state index contributed by atoms with van der Waals surface area (Å²) in [5, 5.41) is 8.72. The Morgan fingerprint density at radius 1 is 0.652 bits per heavy atom. The molecule has 0 aliphatic rings. The number of hydrogen-bond donors (Lipinski definition) is 3. The van der Waals surface area contributed by atoms with Gasteiger partial charge in [-0.3, -0.25) is 9.59 Å². The van der Waals surface area contributed by atoms with E-state index in [4.69, 9.17) is 30.2 Å². The highest BCUT2D eigenvalue weighted by Crippen LogP contribution is 2.64. The predicted molar refractivity (Wildman–Crippen MR) is 174 cm³/mol. The zero-order valence-electron chi connectivity index (χ0n) is 24.5. The molecule has 2 amide bonds. The minimum atomic E-state index is -4.69. The van der Waals surface area contributed by atoms with Crippen LogP contribution in [0.15, 0.2) is 156 Å². The van der Waals surface area contributed by atoms with Gasteiger partial charge in [-0.1, -0.05) is 90.5 Å². The molecule has 0 aliphatic heterocycles. The Morgan fingerprint density at radius 2 is 1.02 bits per heavy atom. The lowest BCUT2D eigenvalue weighted by molar-refractivity contribution is -1.92. The van der Waals surface area contributed by atoms with Crippen molar-refractivity contribution < 1.29 is 38.5 Å². The van der Waals surface area contributed by atoms with Crippen LogP contribution >= 0.6 is 18.9 Å². The van der Waals surface area contributed by atoms with Gasteiger partial charge < -0.3 is 10.6 Å². The Hall–Kier alpha value is -4.37. The van der Waals surface area contributed by atoms with Crippen molar-refractivity contribution >= 4 is 52.3 Å². The van der Waals surface area contributed by atoms with Crippen molar-refractivity contribution in [3.8, 4) is 0 Å². The van der Waals surface area contributed by atoms with Crippen LogP contribution in [0.5, 0.6) is 0 Å². The van der Waals surface area contributed by atoms with Gasteiger partial charge in [-0.2, -0.15) is 14.0 Å². The molecule has 0 spiro atoms. The lowest BCUT2D eigenvalue weighted by atomic mass is 10.1. The molecule has 0 saturated heterocycles. The lowest BCUT2D eigenvalue weighted by Crippen LogP contribution is -2.58. The van der Waals surface area contributed by atoms with E-state index in [1.54, 1.807) is 24.3 Å². The maximum Gasteiger partial charge on any atom is 0.277 e. The summed E-state index contributed by atoms with van der Waals surface area (Å²) >= 11 is 7.54. The second-order valence-electron chi connectivity index (χ2n) is 9.88. The largest absolute Gasteiger partial charge is 0.321 e. The Morgan fingerprint density at radius 3 is 1.41 bits per heavy atom. The van der Waals surface area contributed by atoms with Crippen LogP contribution < -0.4 is 40.5 Å². The molecule has 0 aliphatic carbocycles. The van der Waals surface area contributed by atoms with Crippen LogP contribution in [0.4, 0.5) is 5.69 Å². The first-order valence-corrected chi connectivity index (χ1v) is 17.3. The van der Waals surface area contributed by atoms with E-state index < -0.39 is 29.3 Å². The number of halogens is 2. The van der Waals surface area contributed by atoms with Crippen LogP contribution in [0, 0.1) is 17.2 Å². The summed E-state index contributed by atoms with van der Waals surface area (Å²) in [5.41, 5.74) is 2.05. The average Bonchev–Trinajstić information content (AvgIpc) is 3.05. The SMILES string of the molecule is Cc1ccc(C(=O)NC(C(=O)Nc2ccccc2)=C(Cl)[P+](c2ccccc2)(c2ccccc2)c2ccccc2)cc1.[O-][Cl+3]([O-])([O-])O. The Labute approximate surface area is 274 Å². The smallest absolute Gasteiger partial charge is 0.277 e. The Bertz CT molecular complexity index is 1670. The molecular formula is C35H30Cl2N2O6P+. The highest BCUT2D eigenvalue weighted by Gasteiger charge is 2.52. The Balaban J connectivity index is 0.000000892. The third kappa shape index (κ3) is 8.88. The van der Waals surface area contributed by atoms with E-state index in [9.17, 15) is 9.59 Å². The zero-order chi connectivity index (χ0) is 33.2. The quantitative estimate of drug-likeness (QED) is 0.170. The van der Waals surface area contributed by atoms with Gasteiger partial charge in [0, 0.05) is 11.3 Å². The van der Waals surface area contributed by atoms with Crippen molar-refractivity contribution in [3.05, 3.63) is 167 Å². The molecule has 11 heteroatoms. The Kier molecular flexibility index (Phi) is 11.8. The molecule has 3 N–H and O–H groups in total. The average molecular weight is 677 g/mol. The number of amides is 2. The summed E-state index contributed by atoms with van der Waals surface area (Å²) < 4.78 is 33.0. The normalized spacial score (nSPS) is 11.8. The number of anilines is 1. The van der Waals surface area contributed by atoms with E-state index in [0.717, 1.165) is 21.5 Å². The number of carbonyl (C=O) groups is 2. The molecule has 0 radical (unpaired) electrons. The van der Waals surface area contributed by atoms with Gasteiger partial charge in [0.1, 0.15) is 15.9 Å². The molecule has 5 aromatic carbocycles. The molecule has 0 saturated carbocycles. The van der Waals surface area contributed by atoms with Crippen molar-refractivity contribution in [2.24, 2.45) is 0 Å². The van der Waals surface area contributed by atoms with Gasteiger partial charge in [0.2, 0.25) is 4.77 Å². The standard InChI is InChI=1S/C35H28ClN2O2P.ClHO4/c1-26-22-24-27(25-23-26)34(39)38-32(35(40)37-28-14-6-2-7-15-28)33(36)41(29-16-8-3-9-17-29,30-18-10-4-11-19-30)31-20-12-5-13-21-31;2-1(3,4)5/h2-25H,1H3,(H-,37,38,39,40);(H,2,3,4,5)/p+1. The van der Waals surface area contributed by atoms with E-state index in [2.05, 4.69) is 10.6 Å². The van der Waals surface area contributed by atoms with Gasteiger partial charge in [0.05, 0.1) is 14.9 Å². The van der Waals surface area contributed by atoms with E-state index in [1.165, 1.54) is 0 Å². The number of aryl methyl sites for hydroxylation is 1. The van der Waals surface area contributed by atoms with Crippen molar-refractivity contribution in [3.63, 3.8) is 0 Å². The summed E-state index contributed by atoms with van der Waals surface area (Å²) in [6.45, 7) is 1.95. The third-order valence-corrected chi connectivity index (χ3v) is 11.7. The molecule has 5 rings (SSSR count). The van der Waals surface area contributed by atoms with Gasteiger partial charge in [-0.25, -0.2) is 0 Å². The van der Waals surface area contributed by atoms with Gasteiger partial charge in [-0.15, -0.1) is 0 Å². The minimum Gasteiger partial charge on any atom is -0.321 e. The second-order valence-corrected chi connectivity index (χ2v) is 14.7. The van der Waals surface area contributed by atoms with Crippen LogP contribution in [0.25, 0.3) is 0 Å². The maximum atomic E-state index is 14.1. The molecule has 46 heavy (non-hydrogen) atoms. The predicted octanol–water partition coefficient (Wildman–Crippen LogP) is 2.64. The molecule has 0 heterocycles. The second kappa shape index (κ2) is 15.8. The number of carbonyl (C=O) groups excluding carboxylic acids is 2. The van der Waals surface area contributed by atoms with E-state index >= 15 is 0 Å². The van der Waals surface area contributed by atoms with Gasteiger partial charge >= 0.3 is 0 Å². The van der Waals surface area contributed by atoms with Crippen LogP contribution in [0.1, 0.15) is 15.9 Å². The van der Waals surface area contributed by atoms with Crippen molar-refractivity contribution in [2.45, 2.75) is 6.92 Å². The molecule has 0 unspecified atom stereocenters. The monoisotopic (exact) mass is 675 g/mol. The molecule has 234 valence electrons. The van der Waals surface area contributed by atoms with Crippen molar-refractivity contribution in [1.29, 1.82) is 0 Å². The molecule has 8 nitrogen and oxygen atoms in total. The topological polar surface area (TPSA) is 148 Å². The van der Waals surface area contributed by atoms with Crippen LogP contribution in [0.3, 0.4) is 0 Å². The van der Waals surface area contributed by atoms with Crippen LogP contribution in [-0.2, 0) is 4.79 Å². The third-order valence-electron chi connectivity index (χ3n) is 6.74. The fraction of sp³-hybridized carbons (Fsp3) is 0.0286. The van der Waals surface area contributed by atoms with Gasteiger partial charge in [0.25, 0.3) is 11.8 Å². The highest BCUT2D eigenvalue weighted by molar-refractivity contribution is 8.00. The first-order chi connectivity index (χ1) is 22.0. The number of rotatable bonds is 8. The molecular weight excluding hydrogens is 646 g/mol. The first-order valence-electron chi connectivity index (χ1n) is 13.8. The van der Waals surface area contributed by atoms with Crippen LogP contribution in [0.2, 0.25) is 0 Å². The summed E-state index contributed by atoms with van der Waals surface area (Å²) in [6, 6.07) is 46.2. The molecule has 0 aromatic heterocycles.